The van der Waals surface area contributed by atoms with Crippen LogP contribution in [0.1, 0.15) is 11.1 Å². The maximum absolute atomic E-state index is 13.6. The summed E-state index contributed by atoms with van der Waals surface area (Å²) in [7, 11) is 1.66. The fourth-order valence-electron chi connectivity index (χ4n) is 1.85. The first-order valence-corrected chi connectivity index (χ1v) is 7.00. The van der Waals surface area contributed by atoms with Gasteiger partial charge < -0.3 is 5.32 Å². The van der Waals surface area contributed by atoms with Gasteiger partial charge in [-0.3, -0.25) is 0 Å². The van der Waals surface area contributed by atoms with E-state index >= 15 is 0 Å². The lowest BCUT2D eigenvalue weighted by atomic mass is 10.1. The Labute approximate surface area is 124 Å². The van der Waals surface area contributed by atoms with Crippen LogP contribution in [0.3, 0.4) is 0 Å². The molecular weight excluding hydrogens is 302 g/mol. The van der Waals surface area contributed by atoms with Gasteiger partial charge in [-0.15, -0.1) is 0 Å². The molecule has 0 aromatic heterocycles. The first-order valence-electron chi connectivity index (χ1n) is 6.19. The molecule has 0 aliphatic carbocycles. The average molecular weight is 315 g/mol. The van der Waals surface area contributed by atoms with Crippen LogP contribution < -0.4 is 5.32 Å². The summed E-state index contributed by atoms with van der Waals surface area (Å²) < 4.78 is 53.0. The summed E-state index contributed by atoms with van der Waals surface area (Å²) >= 11 is 0.779. The molecule has 1 nitrogen and oxygen atoms in total. The molecule has 0 atom stereocenters. The van der Waals surface area contributed by atoms with Gasteiger partial charge in [0.05, 0.1) is 5.56 Å². The molecule has 112 valence electrons. The lowest BCUT2D eigenvalue weighted by molar-refractivity contribution is -0.139. The second-order valence-corrected chi connectivity index (χ2v) is 5.47. The van der Waals surface area contributed by atoms with Gasteiger partial charge in [-0.25, -0.2) is 4.39 Å². The summed E-state index contributed by atoms with van der Waals surface area (Å²) in [6.07, 6.45) is -4.47. The van der Waals surface area contributed by atoms with Crippen molar-refractivity contribution in [1.29, 1.82) is 0 Å². The van der Waals surface area contributed by atoms with E-state index in [0.29, 0.717) is 12.1 Å². The predicted octanol–water partition coefficient (Wildman–Crippen LogP) is 4.72. The second-order valence-electron chi connectivity index (χ2n) is 4.39. The zero-order valence-corrected chi connectivity index (χ0v) is 12.0. The van der Waals surface area contributed by atoms with E-state index < -0.39 is 17.6 Å². The zero-order valence-electron chi connectivity index (χ0n) is 11.2. The third-order valence-corrected chi connectivity index (χ3v) is 3.91. The maximum Gasteiger partial charge on any atom is 0.417 e. The Morgan fingerprint density at radius 2 is 1.76 bits per heavy atom. The third-order valence-electron chi connectivity index (χ3n) is 2.79. The van der Waals surface area contributed by atoms with Crippen molar-refractivity contribution in [2.24, 2.45) is 0 Å². The van der Waals surface area contributed by atoms with Crippen molar-refractivity contribution in [3.8, 4) is 0 Å². The fourth-order valence-corrected chi connectivity index (χ4v) is 2.82. The Balaban J connectivity index is 2.41. The van der Waals surface area contributed by atoms with Crippen LogP contribution in [-0.4, -0.2) is 7.05 Å². The van der Waals surface area contributed by atoms with Gasteiger partial charge in [-0.05, 0) is 36.9 Å². The van der Waals surface area contributed by atoms with E-state index in [0.717, 1.165) is 17.8 Å². The average Bonchev–Trinajstić information content (AvgIpc) is 2.42. The van der Waals surface area contributed by atoms with Gasteiger partial charge in [0, 0.05) is 16.3 Å². The lowest BCUT2D eigenvalue weighted by Crippen LogP contribution is -2.10. The van der Waals surface area contributed by atoms with Crippen LogP contribution in [0, 0.1) is 5.82 Å². The van der Waals surface area contributed by atoms with Crippen LogP contribution in [-0.2, 0) is 12.7 Å². The van der Waals surface area contributed by atoms with E-state index in [1.807, 2.05) is 0 Å². The van der Waals surface area contributed by atoms with Crippen molar-refractivity contribution >= 4 is 11.8 Å². The van der Waals surface area contributed by atoms with Crippen LogP contribution in [0.5, 0.6) is 0 Å². The molecule has 0 bridgehead atoms. The molecule has 6 heteroatoms. The molecule has 0 aliphatic heterocycles. The van der Waals surface area contributed by atoms with Crippen molar-refractivity contribution in [2.75, 3.05) is 7.05 Å². The summed E-state index contributed by atoms with van der Waals surface area (Å²) in [6, 6.07) is 9.86. The first kappa shape index (κ1) is 15.9. The van der Waals surface area contributed by atoms with Crippen molar-refractivity contribution in [3.05, 3.63) is 59.4 Å². The summed E-state index contributed by atoms with van der Waals surface area (Å²) in [5, 5.41) is 2.81. The van der Waals surface area contributed by atoms with E-state index in [4.69, 9.17) is 0 Å². The normalized spacial score (nSPS) is 11.7. The molecule has 0 heterocycles. The number of hydrogen-bond acceptors (Lipinski definition) is 2. The molecule has 21 heavy (non-hydrogen) atoms. The summed E-state index contributed by atoms with van der Waals surface area (Å²) in [4.78, 5) is 0.164. The standard InChI is InChI=1S/C15H13F4NS/c1-20-9-10-6-7-13(11(8-10)15(17,18)19)21-14-5-3-2-4-12(14)16/h2-8,20H,9H2,1H3. The quantitative estimate of drug-likeness (QED) is 0.820. The Kier molecular flexibility index (Phi) is 4.90. The monoisotopic (exact) mass is 315 g/mol. The van der Waals surface area contributed by atoms with Gasteiger partial charge in [-0.1, -0.05) is 30.0 Å². The molecule has 0 fully saturated rings. The second kappa shape index (κ2) is 6.49. The Bertz CT molecular complexity index is 625. The van der Waals surface area contributed by atoms with Crippen LogP contribution in [0.2, 0.25) is 0 Å². The number of nitrogens with one attached hydrogen (secondary N) is 1. The molecule has 2 rings (SSSR count). The zero-order chi connectivity index (χ0) is 15.5. The highest BCUT2D eigenvalue weighted by Gasteiger charge is 2.34. The van der Waals surface area contributed by atoms with Gasteiger partial charge in [-0.2, -0.15) is 13.2 Å². The highest BCUT2D eigenvalue weighted by Crippen LogP contribution is 2.40. The van der Waals surface area contributed by atoms with Crippen molar-refractivity contribution in [3.63, 3.8) is 0 Å². The minimum atomic E-state index is -4.47. The Morgan fingerprint density at radius 3 is 2.38 bits per heavy atom. The fraction of sp³-hybridized carbons (Fsp3) is 0.200. The Morgan fingerprint density at radius 1 is 1.05 bits per heavy atom. The third kappa shape index (κ3) is 3.98. The van der Waals surface area contributed by atoms with E-state index in [2.05, 4.69) is 5.32 Å². The summed E-state index contributed by atoms with van der Waals surface area (Å²) in [6.45, 7) is 0.341. The highest BCUT2D eigenvalue weighted by atomic mass is 32.2. The van der Waals surface area contributed by atoms with Gasteiger partial charge >= 0.3 is 6.18 Å². The molecule has 0 saturated carbocycles. The van der Waals surface area contributed by atoms with Gasteiger partial charge in [0.2, 0.25) is 0 Å². The van der Waals surface area contributed by atoms with Crippen LogP contribution in [0.4, 0.5) is 17.6 Å². The van der Waals surface area contributed by atoms with Gasteiger partial charge in [0.15, 0.2) is 0 Å². The minimum Gasteiger partial charge on any atom is -0.316 e. The van der Waals surface area contributed by atoms with Crippen molar-refractivity contribution in [2.45, 2.75) is 22.5 Å². The van der Waals surface area contributed by atoms with Crippen LogP contribution in [0.15, 0.2) is 52.3 Å². The SMILES string of the molecule is CNCc1ccc(Sc2ccccc2F)c(C(F)(F)F)c1. The van der Waals surface area contributed by atoms with E-state index in [-0.39, 0.29) is 9.79 Å². The van der Waals surface area contributed by atoms with E-state index in [1.165, 1.54) is 24.3 Å². The van der Waals surface area contributed by atoms with Crippen LogP contribution >= 0.6 is 11.8 Å². The molecule has 0 amide bonds. The molecule has 0 saturated heterocycles. The molecule has 0 aliphatic rings. The highest BCUT2D eigenvalue weighted by molar-refractivity contribution is 7.99. The molecule has 0 spiro atoms. The Hall–Kier alpha value is -1.53. The van der Waals surface area contributed by atoms with Crippen molar-refractivity contribution < 1.29 is 17.6 Å². The van der Waals surface area contributed by atoms with Gasteiger partial charge in [0.25, 0.3) is 0 Å². The number of halogens is 4. The molecule has 2 aromatic rings. The molecule has 1 N–H and O–H groups in total. The first-order chi connectivity index (χ1) is 9.91. The minimum absolute atomic E-state index is 0.00699. The van der Waals surface area contributed by atoms with Gasteiger partial charge in [0.1, 0.15) is 5.82 Å². The predicted molar refractivity (Wildman–Crippen MR) is 74.7 cm³/mol. The number of rotatable bonds is 4. The maximum atomic E-state index is 13.6. The topological polar surface area (TPSA) is 12.0 Å². The van der Waals surface area contributed by atoms with Crippen molar-refractivity contribution in [1.82, 2.24) is 5.32 Å². The molecule has 0 radical (unpaired) electrons. The smallest absolute Gasteiger partial charge is 0.316 e. The van der Waals surface area contributed by atoms with E-state index in [1.54, 1.807) is 19.2 Å². The largest absolute Gasteiger partial charge is 0.417 e. The van der Waals surface area contributed by atoms with E-state index in [9.17, 15) is 17.6 Å². The number of benzene rings is 2. The summed E-state index contributed by atoms with van der Waals surface area (Å²) in [5.41, 5.74) is -0.216. The number of alkyl halides is 3. The number of hydrogen-bond donors (Lipinski definition) is 1. The molecule has 2 aromatic carbocycles. The lowest BCUT2D eigenvalue weighted by Gasteiger charge is -2.14. The summed E-state index contributed by atoms with van der Waals surface area (Å²) in [5.74, 6) is -0.532. The molecule has 0 unspecified atom stereocenters. The van der Waals surface area contributed by atoms with Crippen LogP contribution in [0.25, 0.3) is 0 Å². The molecular formula is C15H13F4NS.